The van der Waals surface area contributed by atoms with E-state index in [1.54, 1.807) is 0 Å². The van der Waals surface area contributed by atoms with Crippen LogP contribution >= 0.6 is 0 Å². The van der Waals surface area contributed by atoms with E-state index >= 15 is 0 Å². The van der Waals surface area contributed by atoms with Crippen LogP contribution in [-0.2, 0) is 16.1 Å². The summed E-state index contributed by atoms with van der Waals surface area (Å²) in [5.41, 5.74) is -0.318. The van der Waals surface area contributed by atoms with Crippen molar-refractivity contribution in [1.29, 1.82) is 0 Å². The molecule has 2 nitrogen and oxygen atoms in total. The zero-order valence-electron chi connectivity index (χ0n) is 12.0. The lowest BCUT2D eigenvalue weighted by Gasteiger charge is -2.29. The number of hydrogen-bond donors (Lipinski definition) is 0. The number of ether oxygens (including phenoxy) is 2. The Balaban J connectivity index is 1.97. The van der Waals surface area contributed by atoms with Gasteiger partial charge in [0.05, 0.1) is 18.8 Å². The van der Waals surface area contributed by atoms with Gasteiger partial charge in [-0.1, -0.05) is 19.1 Å². The molecule has 1 aliphatic heterocycles. The second-order valence-electron chi connectivity index (χ2n) is 5.08. The molecule has 0 radical (unpaired) electrons. The van der Waals surface area contributed by atoms with Crippen LogP contribution in [0.25, 0.3) is 0 Å². The molecule has 1 aromatic carbocycles. The Labute approximate surface area is 122 Å². The minimum absolute atomic E-state index is 0.240. The van der Waals surface area contributed by atoms with Crippen LogP contribution in [0.2, 0.25) is 0 Å². The topological polar surface area (TPSA) is 18.5 Å². The summed E-state index contributed by atoms with van der Waals surface area (Å²) in [6, 6.07) is 2.14. The zero-order valence-corrected chi connectivity index (χ0v) is 12.0. The summed E-state index contributed by atoms with van der Waals surface area (Å²) >= 11 is 0. The summed E-state index contributed by atoms with van der Waals surface area (Å²) in [5, 5.41) is 0. The Kier molecular flexibility index (Phi) is 5.82. The summed E-state index contributed by atoms with van der Waals surface area (Å²) in [7, 11) is 0. The molecule has 21 heavy (non-hydrogen) atoms. The van der Waals surface area contributed by atoms with Crippen LogP contribution in [0, 0.1) is 17.6 Å². The van der Waals surface area contributed by atoms with Gasteiger partial charge in [-0.2, -0.15) is 0 Å². The van der Waals surface area contributed by atoms with E-state index in [0.717, 1.165) is 25.0 Å². The molecule has 116 valence electrons. The number of alkyl halides is 1. The van der Waals surface area contributed by atoms with E-state index in [0.29, 0.717) is 13.2 Å². The number of hydrogen-bond acceptors (Lipinski definition) is 2. The van der Waals surface area contributed by atoms with Gasteiger partial charge in [-0.25, -0.2) is 13.2 Å². The van der Waals surface area contributed by atoms with Crippen LogP contribution in [0.3, 0.4) is 0 Å². The van der Waals surface area contributed by atoms with Crippen LogP contribution in [0.5, 0.6) is 0 Å². The van der Waals surface area contributed by atoms with Crippen LogP contribution in [-0.4, -0.2) is 13.2 Å². The van der Waals surface area contributed by atoms with Gasteiger partial charge in [-0.3, -0.25) is 0 Å². The predicted octanol–water partition coefficient (Wildman–Crippen LogP) is 4.45. The summed E-state index contributed by atoms with van der Waals surface area (Å²) in [6.45, 7) is 1.82. The molecule has 1 fully saturated rings. The van der Waals surface area contributed by atoms with Crippen molar-refractivity contribution in [2.24, 2.45) is 5.92 Å². The van der Waals surface area contributed by atoms with Crippen molar-refractivity contribution in [2.75, 3.05) is 13.2 Å². The molecule has 1 aliphatic rings. The normalized spacial score (nSPS) is 22.9. The molecule has 0 aromatic heterocycles. The first-order chi connectivity index (χ1) is 10.2. The molecule has 1 heterocycles. The Bertz CT molecular complexity index is 471. The van der Waals surface area contributed by atoms with Crippen LogP contribution in [0.15, 0.2) is 24.3 Å². The van der Waals surface area contributed by atoms with E-state index in [4.69, 9.17) is 9.47 Å². The molecule has 0 bridgehead atoms. The van der Waals surface area contributed by atoms with Gasteiger partial charge in [0.2, 0.25) is 0 Å². The first-order valence-electron chi connectivity index (χ1n) is 7.07. The summed E-state index contributed by atoms with van der Waals surface area (Å²) in [4.78, 5) is 0. The predicted molar refractivity (Wildman–Crippen MR) is 73.4 cm³/mol. The van der Waals surface area contributed by atoms with Crippen molar-refractivity contribution in [2.45, 2.75) is 32.7 Å². The first-order valence-corrected chi connectivity index (χ1v) is 7.07. The second kappa shape index (κ2) is 7.61. The lowest BCUT2D eigenvalue weighted by molar-refractivity contribution is -0.204. The minimum atomic E-state index is -1.17. The number of halogens is 3. The van der Waals surface area contributed by atoms with E-state index in [2.05, 4.69) is 19.1 Å². The van der Waals surface area contributed by atoms with Gasteiger partial charge < -0.3 is 9.47 Å². The SMILES string of the molecule is CC/C=C\CC1COC(c2cc(F)c(CF)c(F)c2)OC1. The molecule has 5 heteroatoms. The third-order valence-corrected chi connectivity index (χ3v) is 3.41. The van der Waals surface area contributed by atoms with Gasteiger partial charge in [0.25, 0.3) is 0 Å². The average Bonchev–Trinajstić information content (AvgIpc) is 2.48. The molecular formula is C16H19F3O2. The van der Waals surface area contributed by atoms with Crippen molar-refractivity contribution in [1.82, 2.24) is 0 Å². The van der Waals surface area contributed by atoms with Crippen molar-refractivity contribution >= 4 is 0 Å². The molecule has 0 unspecified atom stereocenters. The van der Waals surface area contributed by atoms with Gasteiger partial charge in [-0.15, -0.1) is 0 Å². The van der Waals surface area contributed by atoms with Crippen molar-refractivity contribution in [3.05, 3.63) is 47.0 Å². The lowest BCUT2D eigenvalue weighted by atomic mass is 10.1. The van der Waals surface area contributed by atoms with Gasteiger partial charge in [0, 0.05) is 11.5 Å². The molecule has 0 atom stereocenters. The monoisotopic (exact) mass is 300 g/mol. The smallest absolute Gasteiger partial charge is 0.184 e. The summed E-state index contributed by atoms with van der Waals surface area (Å²) < 4.78 is 50.6. The maximum absolute atomic E-state index is 13.5. The quantitative estimate of drug-likeness (QED) is 0.748. The van der Waals surface area contributed by atoms with Crippen LogP contribution in [0.1, 0.15) is 37.2 Å². The molecule has 2 rings (SSSR count). The largest absolute Gasteiger partial charge is 0.348 e. The summed E-state index contributed by atoms with van der Waals surface area (Å²) in [5.74, 6) is -1.58. The second-order valence-corrected chi connectivity index (χ2v) is 5.08. The van der Waals surface area contributed by atoms with Gasteiger partial charge in [0.15, 0.2) is 6.29 Å². The Hall–Kier alpha value is -1.33. The number of benzene rings is 1. The molecule has 0 amide bonds. The first kappa shape index (κ1) is 16.0. The van der Waals surface area contributed by atoms with Crippen molar-refractivity contribution in [3.8, 4) is 0 Å². The molecule has 0 aliphatic carbocycles. The van der Waals surface area contributed by atoms with E-state index < -0.39 is 30.2 Å². The van der Waals surface area contributed by atoms with Crippen LogP contribution < -0.4 is 0 Å². The summed E-state index contributed by atoms with van der Waals surface area (Å²) in [6.07, 6.45) is 5.19. The maximum atomic E-state index is 13.5. The molecular weight excluding hydrogens is 281 g/mol. The molecule has 0 spiro atoms. The Morgan fingerprint density at radius 2 is 1.76 bits per heavy atom. The van der Waals surface area contributed by atoms with E-state index in [1.165, 1.54) is 0 Å². The molecule has 1 saturated heterocycles. The van der Waals surface area contributed by atoms with Crippen molar-refractivity contribution < 1.29 is 22.6 Å². The van der Waals surface area contributed by atoms with E-state index in [-0.39, 0.29) is 11.5 Å². The molecule has 1 aromatic rings. The standard InChI is InChI=1S/C16H19F3O2/c1-2-3-4-5-11-9-20-16(21-10-11)12-6-14(18)13(8-17)15(19)7-12/h3-4,6-7,11,16H,2,5,8-10H2,1H3/b4-3-. The van der Waals surface area contributed by atoms with Crippen LogP contribution in [0.4, 0.5) is 13.2 Å². The maximum Gasteiger partial charge on any atom is 0.184 e. The number of rotatable bonds is 5. The van der Waals surface area contributed by atoms with E-state index in [1.807, 2.05) is 0 Å². The zero-order chi connectivity index (χ0) is 15.2. The van der Waals surface area contributed by atoms with Gasteiger partial charge >= 0.3 is 0 Å². The Morgan fingerprint density at radius 1 is 1.14 bits per heavy atom. The Morgan fingerprint density at radius 3 is 2.29 bits per heavy atom. The fraction of sp³-hybridized carbons (Fsp3) is 0.500. The number of allylic oxidation sites excluding steroid dienone is 2. The van der Waals surface area contributed by atoms with E-state index in [9.17, 15) is 13.2 Å². The van der Waals surface area contributed by atoms with Crippen molar-refractivity contribution in [3.63, 3.8) is 0 Å². The third kappa shape index (κ3) is 4.08. The van der Waals surface area contributed by atoms with Gasteiger partial charge in [-0.05, 0) is 25.0 Å². The average molecular weight is 300 g/mol. The fourth-order valence-corrected chi connectivity index (χ4v) is 2.21. The highest BCUT2D eigenvalue weighted by atomic mass is 19.1. The molecule has 0 saturated carbocycles. The highest BCUT2D eigenvalue weighted by Gasteiger charge is 2.24. The highest BCUT2D eigenvalue weighted by molar-refractivity contribution is 5.26. The minimum Gasteiger partial charge on any atom is -0.348 e. The highest BCUT2D eigenvalue weighted by Crippen LogP contribution is 2.29. The fourth-order valence-electron chi connectivity index (χ4n) is 2.21. The third-order valence-electron chi connectivity index (χ3n) is 3.41. The van der Waals surface area contributed by atoms with Gasteiger partial charge in [0.1, 0.15) is 18.3 Å². The molecule has 0 N–H and O–H groups in total. The lowest BCUT2D eigenvalue weighted by Crippen LogP contribution is -2.27.